The third-order valence-corrected chi connectivity index (χ3v) is 4.44. The second-order valence-electron chi connectivity index (χ2n) is 6.04. The zero-order valence-electron chi connectivity index (χ0n) is 13.9. The third-order valence-electron chi connectivity index (χ3n) is 4.22. The van der Waals surface area contributed by atoms with E-state index in [-0.39, 0.29) is 30.2 Å². The van der Waals surface area contributed by atoms with E-state index in [4.69, 9.17) is 16.9 Å². The Balaban J connectivity index is 1.70. The molecule has 1 aliphatic rings. The van der Waals surface area contributed by atoms with Gasteiger partial charge in [0.2, 0.25) is 5.60 Å². The first kappa shape index (κ1) is 18.8. The highest BCUT2D eigenvalue weighted by Crippen LogP contribution is 2.28. The van der Waals surface area contributed by atoms with Crippen LogP contribution in [0, 0.1) is 17.1 Å². The Labute approximate surface area is 159 Å². The lowest BCUT2D eigenvalue weighted by molar-refractivity contribution is -0.149. The van der Waals surface area contributed by atoms with Crippen molar-refractivity contribution in [3.05, 3.63) is 58.6 Å². The molecular weight excluding hydrogens is 375 g/mol. The Bertz CT molecular complexity index is 924. The fourth-order valence-corrected chi connectivity index (χ4v) is 3.06. The standard InChI is InChI=1S/C18H14ClFN4O3/c19-12-5-11(6-13(20)7-12)9-23-16(25)18(27)3-4-24(17(18)26)15-2-1-14(8-21)22-10-15/h1-2,5-7,10,27H,3-4,9H2,(H,23,25)/t18-/m0/s1. The second kappa shape index (κ2) is 7.31. The van der Waals surface area contributed by atoms with Gasteiger partial charge in [-0.1, -0.05) is 11.6 Å². The van der Waals surface area contributed by atoms with Gasteiger partial charge in [-0.15, -0.1) is 0 Å². The molecule has 2 amide bonds. The lowest BCUT2D eigenvalue weighted by Crippen LogP contribution is -2.52. The number of pyridine rings is 1. The molecular formula is C18H14ClFN4O3. The number of anilines is 1. The van der Waals surface area contributed by atoms with E-state index in [1.807, 2.05) is 6.07 Å². The van der Waals surface area contributed by atoms with E-state index in [2.05, 4.69) is 10.3 Å². The predicted octanol–water partition coefficient (Wildman–Crippen LogP) is 1.53. The Morgan fingerprint density at radius 2 is 2.22 bits per heavy atom. The second-order valence-corrected chi connectivity index (χ2v) is 6.48. The van der Waals surface area contributed by atoms with Crippen molar-refractivity contribution in [1.82, 2.24) is 10.3 Å². The average molecular weight is 389 g/mol. The molecule has 1 saturated heterocycles. The van der Waals surface area contributed by atoms with E-state index in [0.29, 0.717) is 11.3 Å². The van der Waals surface area contributed by atoms with Crippen LogP contribution in [-0.4, -0.2) is 34.1 Å². The van der Waals surface area contributed by atoms with Gasteiger partial charge in [-0.05, 0) is 35.9 Å². The smallest absolute Gasteiger partial charge is 0.268 e. The van der Waals surface area contributed by atoms with Crippen LogP contribution in [-0.2, 0) is 16.1 Å². The molecule has 0 radical (unpaired) electrons. The zero-order chi connectivity index (χ0) is 19.6. The molecule has 0 spiro atoms. The zero-order valence-corrected chi connectivity index (χ0v) is 14.7. The van der Waals surface area contributed by atoms with Gasteiger partial charge in [0.05, 0.1) is 11.9 Å². The largest absolute Gasteiger partial charge is 0.372 e. The summed E-state index contributed by atoms with van der Waals surface area (Å²) in [6.45, 7) is 0.0203. The molecule has 1 aliphatic heterocycles. The van der Waals surface area contributed by atoms with E-state index >= 15 is 0 Å². The van der Waals surface area contributed by atoms with E-state index in [0.717, 1.165) is 6.07 Å². The number of nitrogens with one attached hydrogen (secondary N) is 1. The summed E-state index contributed by atoms with van der Waals surface area (Å²) in [5, 5.41) is 22.0. The van der Waals surface area contributed by atoms with E-state index in [1.54, 1.807) is 0 Å². The van der Waals surface area contributed by atoms with Crippen molar-refractivity contribution in [2.45, 2.75) is 18.6 Å². The minimum absolute atomic E-state index is 0.0929. The van der Waals surface area contributed by atoms with Crippen LogP contribution in [0.5, 0.6) is 0 Å². The summed E-state index contributed by atoms with van der Waals surface area (Å²) in [7, 11) is 0. The number of carbonyl (C=O) groups excluding carboxylic acids is 2. The van der Waals surface area contributed by atoms with Crippen molar-refractivity contribution in [2.24, 2.45) is 0 Å². The number of amides is 2. The van der Waals surface area contributed by atoms with Crippen molar-refractivity contribution in [3.8, 4) is 6.07 Å². The maximum Gasteiger partial charge on any atom is 0.268 e. The Hall–Kier alpha value is -3.02. The number of aromatic nitrogens is 1. The van der Waals surface area contributed by atoms with Gasteiger partial charge in [-0.3, -0.25) is 9.59 Å². The molecule has 1 fully saturated rings. The number of nitrogens with zero attached hydrogens (tertiary/aromatic N) is 3. The number of hydrogen-bond acceptors (Lipinski definition) is 5. The fraction of sp³-hybridized carbons (Fsp3) is 0.222. The van der Waals surface area contributed by atoms with Crippen LogP contribution in [0.1, 0.15) is 17.7 Å². The maximum absolute atomic E-state index is 13.4. The Morgan fingerprint density at radius 3 is 2.85 bits per heavy atom. The lowest BCUT2D eigenvalue weighted by atomic mass is 10.0. The van der Waals surface area contributed by atoms with Crippen molar-refractivity contribution < 1.29 is 19.1 Å². The summed E-state index contributed by atoms with van der Waals surface area (Å²) in [4.78, 5) is 30.1. The number of benzene rings is 1. The van der Waals surface area contributed by atoms with Crippen molar-refractivity contribution >= 4 is 29.1 Å². The Morgan fingerprint density at radius 1 is 1.44 bits per heavy atom. The van der Waals surface area contributed by atoms with Gasteiger partial charge in [0, 0.05) is 24.5 Å². The maximum atomic E-state index is 13.4. The van der Waals surface area contributed by atoms with Crippen molar-refractivity contribution in [1.29, 1.82) is 5.26 Å². The molecule has 0 unspecified atom stereocenters. The summed E-state index contributed by atoms with van der Waals surface area (Å²) in [5.41, 5.74) is -1.27. The highest BCUT2D eigenvalue weighted by molar-refractivity contribution is 6.30. The Kier molecular flexibility index (Phi) is 5.08. The number of aliphatic hydroxyl groups is 1. The molecule has 138 valence electrons. The summed E-state index contributed by atoms with van der Waals surface area (Å²) >= 11 is 5.76. The van der Waals surface area contributed by atoms with Gasteiger partial charge in [0.25, 0.3) is 11.8 Å². The molecule has 27 heavy (non-hydrogen) atoms. The molecule has 0 aliphatic carbocycles. The van der Waals surface area contributed by atoms with Crippen molar-refractivity contribution in [3.63, 3.8) is 0 Å². The molecule has 2 heterocycles. The predicted molar refractivity (Wildman–Crippen MR) is 94.1 cm³/mol. The first-order valence-electron chi connectivity index (χ1n) is 7.97. The number of carbonyl (C=O) groups is 2. The summed E-state index contributed by atoms with van der Waals surface area (Å²) in [5.74, 6) is -2.22. The number of rotatable bonds is 4. The minimum atomic E-state index is -2.23. The fourth-order valence-electron chi connectivity index (χ4n) is 2.82. The van der Waals surface area contributed by atoms with E-state index < -0.39 is 23.2 Å². The third kappa shape index (κ3) is 3.74. The van der Waals surface area contributed by atoms with Crippen LogP contribution in [0.15, 0.2) is 36.5 Å². The van der Waals surface area contributed by atoms with Crippen LogP contribution in [0.25, 0.3) is 0 Å². The molecule has 0 saturated carbocycles. The number of nitriles is 1. The molecule has 1 aromatic carbocycles. The normalized spacial score (nSPS) is 19.0. The van der Waals surface area contributed by atoms with Gasteiger partial charge in [-0.25, -0.2) is 9.37 Å². The molecule has 2 N–H and O–H groups in total. The van der Waals surface area contributed by atoms with E-state index in [1.165, 1.54) is 35.4 Å². The van der Waals surface area contributed by atoms with Crippen LogP contribution in [0.4, 0.5) is 10.1 Å². The number of hydrogen-bond donors (Lipinski definition) is 2. The molecule has 9 heteroatoms. The molecule has 2 aromatic rings. The highest BCUT2D eigenvalue weighted by atomic mass is 35.5. The van der Waals surface area contributed by atoms with Crippen LogP contribution in [0.3, 0.4) is 0 Å². The van der Waals surface area contributed by atoms with Crippen LogP contribution < -0.4 is 10.2 Å². The van der Waals surface area contributed by atoms with Crippen molar-refractivity contribution in [2.75, 3.05) is 11.4 Å². The average Bonchev–Trinajstić information content (AvgIpc) is 2.95. The molecule has 1 atom stereocenters. The monoisotopic (exact) mass is 388 g/mol. The van der Waals surface area contributed by atoms with Gasteiger partial charge in [0.1, 0.15) is 17.6 Å². The summed E-state index contributed by atoms with van der Waals surface area (Å²) < 4.78 is 13.4. The quantitative estimate of drug-likeness (QED) is 0.772. The van der Waals surface area contributed by atoms with Crippen LogP contribution >= 0.6 is 11.6 Å². The number of halogens is 2. The van der Waals surface area contributed by atoms with Crippen LogP contribution in [0.2, 0.25) is 5.02 Å². The molecule has 0 bridgehead atoms. The molecule has 3 rings (SSSR count). The van der Waals surface area contributed by atoms with Gasteiger partial charge >= 0.3 is 0 Å². The van der Waals surface area contributed by atoms with Gasteiger partial charge < -0.3 is 15.3 Å². The first-order valence-corrected chi connectivity index (χ1v) is 8.35. The minimum Gasteiger partial charge on any atom is -0.372 e. The molecule has 1 aromatic heterocycles. The SMILES string of the molecule is N#Cc1ccc(N2CC[C@](O)(C(=O)NCc3cc(F)cc(Cl)c3)C2=O)cn1. The van der Waals surface area contributed by atoms with Gasteiger partial charge in [0.15, 0.2) is 0 Å². The molecule has 7 nitrogen and oxygen atoms in total. The summed E-state index contributed by atoms with van der Waals surface area (Å²) in [6, 6.07) is 8.62. The summed E-state index contributed by atoms with van der Waals surface area (Å²) in [6.07, 6.45) is 1.22. The highest BCUT2D eigenvalue weighted by Gasteiger charge is 2.51. The van der Waals surface area contributed by atoms with E-state index in [9.17, 15) is 19.1 Å². The lowest BCUT2D eigenvalue weighted by Gasteiger charge is -2.21. The topological polar surface area (TPSA) is 106 Å². The first-order chi connectivity index (χ1) is 12.8. The van der Waals surface area contributed by atoms with Gasteiger partial charge in [-0.2, -0.15) is 5.26 Å².